The van der Waals surface area contributed by atoms with Crippen LogP contribution in [0, 0.1) is 0 Å². The van der Waals surface area contributed by atoms with Gasteiger partial charge in [-0.2, -0.15) is 31.3 Å². The lowest BCUT2D eigenvalue weighted by molar-refractivity contribution is -0.206. The lowest BCUT2D eigenvalue weighted by Gasteiger charge is -2.17. The number of nitrogens with zero attached hydrogens (tertiary/aromatic N) is 2. The number of carbonyl (C=O) groups is 1. The minimum absolute atomic E-state index is 0.291. The summed E-state index contributed by atoms with van der Waals surface area (Å²) in [7, 11) is 0. The number of hydrogen-bond acceptors (Lipinski definition) is 5. The maximum absolute atomic E-state index is 12.5. The normalized spacial score (nSPS) is 13.3. The van der Waals surface area contributed by atoms with E-state index in [0.29, 0.717) is 0 Å². The molecule has 1 aromatic carbocycles. The van der Waals surface area contributed by atoms with Crippen molar-refractivity contribution >= 4 is 34.9 Å². The Hall–Kier alpha value is -2.25. The zero-order chi connectivity index (χ0) is 21.3. The number of carbonyl (C=O) groups excluding carboxylic acids is 1. The summed E-state index contributed by atoms with van der Waals surface area (Å²) in [6, 6.07) is 0.462. The monoisotopic (exact) mass is 452 g/mol. The Bertz CT molecular complexity index is 848. The van der Waals surface area contributed by atoms with Gasteiger partial charge in [-0.1, -0.05) is 28.4 Å². The van der Waals surface area contributed by atoms with Gasteiger partial charge in [0.2, 0.25) is 5.89 Å². The zero-order valence-corrected chi connectivity index (χ0v) is 14.6. The number of rotatable bonds is 4. The minimum atomic E-state index is -4.96. The van der Waals surface area contributed by atoms with Gasteiger partial charge in [-0.25, -0.2) is 4.79 Å². The molecule has 1 atom stereocenters. The Balaban J connectivity index is 2.05. The van der Waals surface area contributed by atoms with Gasteiger partial charge >= 0.3 is 18.4 Å². The Morgan fingerprint density at radius 2 is 1.75 bits per heavy atom. The molecule has 0 aliphatic carbocycles. The molecule has 0 saturated carbocycles. The SMILES string of the molecule is O=C(NCc1nc(C(F)(F)F)no1)Nc1c(Cl)cc([C@@H](O)C(F)(F)F)cc1Cl. The molecule has 154 valence electrons. The van der Waals surface area contributed by atoms with Crippen LogP contribution in [0.15, 0.2) is 16.7 Å². The molecule has 0 bridgehead atoms. The third kappa shape index (κ3) is 5.39. The van der Waals surface area contributed by atoms with E-state index >= 15 is 0 Å². The number of aliphatic hydroxyl groups is 1. The summed E-state index contributed by atoms with van der Waals surface area (Å²) in [5.41, 5.74) is -0.945. The molecule has 0 fully saturated rings. The number of urea groups is 1. The first kappa shape index (κ1) is 22.0. The van der Waals surface area contributed by atoms with E-state index < -0.39 is 58.4 Å². The quantitative estimate of drug-likeness (QED) is 0.600. The van der Waals surface area contributed by atoms with Gasteiger partial charge in [-0.3, -0.25) is 0 Å². The highest BCUT2D eigenvalue weighted by Gasteiger charge is 2.40. The van der Waals surface area contributed by atoms with E-state index in [1.54, 1.807) is 0 Å². The lowest BCUT2D eigenvalue weighted by Crippen LogP contribution is -2.28. The van der Waals surface area contributed by atoms with Crippen molar-refractivity contribution in [2.24, 2.45) is 0 Å². The van der Waals surface area contributed by atoms with Crippen LogP contribution in [0.5, 0.6) is 0 Å². The van der Waals surface area contributed by atoms with Gasteiger partial charge in [0.05, 0.1) is 22.3 Å². The molecule has 0 aliphatic rings. The van der Waals surface area contributed by atoms with Gasteiger partial charge in [0, 0.05) is 0 Å². The number of hydrogen-bond donors (Lipinski definition) is 3. The maximum Gasteiger partial charge on any atom is 0.455 e. The molecular formula is C13H8Cl2F6N4O3. The van der Waals surface area contributed by atoms with Crippen LogP contribution < -0.4 is 10.6 Å². The highest BCUT2D eigenvalue weighted by Crippen LogP contribution is 2.38. The van der Waals surface area contributed by atoms with Crippen LogP contribution in [0.3, 0.4) is 0 Å². The molecule has 0 unspecified atom stereocenters. The second kappa shape index (κ2) is 8.01. The molecule has 2 rings (SSSR count). The molecule has 0 saturated heterocycles. The number of aromatic nitrogens is 2. The van der Waals surface area contributed by atoms with Crippen molar-refractivity contribution in [1.82, 2.24) is 15.5 Å². The second-order valence-corrected chi connectivity index (χ2v) is 5.94. The second-order valence-electron chi connectivity index (χ2n) is 5.12. The van der Waals surface area contributed by atoms with E-state index in [4.69, 9.17) is 23.2 Å². The topological polar surface area (TPSA) is 100 Å². The predicted octanol–water partition coefficient (Wildman–Crippen LogP) is 4.31. The summed E-state index contributed by atoms with van der Waals surface area (Å²) in [4.78, 5) is 14.8. The van der Waals surface area contributed by atoms with Crippen molar-refractivity contribution in [3.63, 3.8) is 0 Å². The molecule has 15 heteroatoms. The molecule has 1 aromatic heterocycles. The van der Waals surface area contributed by atoms with Crippen LogP contribution in [0.4, 0.5) is 36.8 Å². The summed E-state index contributed by atoms with van der Waals surface area (Å²) >= 11 is 11.5. The minimum Gasteiger partial charge on any atom is -0.379 e. The van der Waals surface area contributed by atoms with Gasteiger partial charge in [0.25, 0.3) is 5.82 Å². The fourth-order valence-electron chi connectivity index (χ4n) is 1.81. The standard InChI is InChI=1S/C13H8Cl2F6N4O3/c14-5-1-4(9(26)12(16,17)18)2-6(15)8(5)24-11(27)22-3-7-23-10(25-28-7)13(19,20)21/h1-2,9,26H,3H2,(H2,22,24,27)/t9-/m1/s1. The van der Waals surface area contributed by atoms with E-state index in [9.17, 15) is 36.2 Å². The van der Waals surface area contributed by atoms with Gasteiger partial charge in [0.1, 0.15) is 0 Å². The van der Waals surface area contributed by atoms with Crippen molar-refractivity contribution in [3.05, 3.63) is 39.5 Å². The summed E-state index contributed by atoms with van der Waals surface area (Å²) in [6.07, 6.45) is -12.6. The average molecular weight is 453 g/mol. The first-order valence-corrected chi connectivity index (χ1v) is 7.73. The smallest absolute Gasteiger partial charge is 0.379 e. The summed E-state index contributed by atoms with van der Waals surface area (Å²) in [5, 5.41) is 15.2. The van der Waals surface area contributed by atoms with Crippen LogP contribution in [-0.4, -0.2) is 27.5 Å². The Labute approximate surface area is 161 Å². The lowest BCUT2D eigenvalue weighted by atomic mass is 10.1. The van der Waals surface area contributed by atoms with E-state index in [2.05, 4.69) is 25.3 Å². The third-order valence-corrected chi connectivity index (χ3v) is 3.65. The van der Waals surface area contributed by atoms with Gasteiger partial charge in [-0.05, 0) is 17.7 Å². The molecule has 0 radical (unpaired) electrons. The molecule has 0 spiro atoms. The highest BCUT2D eigenvalue weighted by atomic mass is 35.5. The van der Waals surface area contributed by atoms with Gasteiger partial charge < -0.3 is 20.3 Å². The van der Waals surface area contributed by atoms with Crippen LogP contribution >= 0.6 is 23.2 Å². The van der Waals surface area contributed by atoms with Gasteiger partial charge in [-0.15, -0.1) is 0 Å². The Kier molecular flexibility index (Phi) is 6.31. The fourth-order valence-corrected chi connectivity index (χ4v) is 2.41. The van der Waals surface area contributed by atoms with Crippen molar-refractivity contribution in [3.8, 4) is 0 Å². The molecular weight excluding hydrogens is 445 g/mol. The molecule has 1 heterocycles. The molecule has 2 amide bonds. The van der Waals surface area contributed by atoms with E-state index in [1.807, 2.05) is 0 Å². The average Bonchev–Trinajstić information content (AvgIpc) is 3.04. The number of anilines is 1. The van der Waals surface area contributed by atoms with Crippen LogP contribution in [0.1, 0.15) is 23.4 Å². The summed E-state index contributed by atoms with van der Waals surface area (Å²) in [5.74, 6) is -2.09. The van der Waals surface area contributed by atoms with Crippen molar-refractivity contribution in [2.75, 3.05) is 5.32 Å². The van der Waals surface area contributed by atoms with Gasteiger partial charge in [0.15, 0.2) is 6.10 Å². The van der Waals surface area contributed by atoms with Crippen molar-refractivity contribution in [1.29, 1.82) is 0 Å². The number of benzene rings is 1. The Morgan fingerprint density at radius 3 is 2.21 bits per heavy atom. The molecule has 2 aromatic rings. The maximum atomic E-state index is 12.5. The fraction of sp³-hybridized carbons (Fsp3) is 0.308. The van der Waals surface area contributed by atoms with Crippen LogP contribution in [0.2, 0.25) is 10.0 Å². The zero-order valence-electron chi connectivity index (χ0n) is 13.1. The first-order valence-electron chi connectivity index (χ1n) is 6.97. The molecule has 3 N–H and O–H groups in total. The van der Waals surface area contributed by atoms with Crippen LogP contribution in [0.25, 0.3) is 0 Å². The number of aliphatic hydroxyl groups excluding tert-OH is 1. The molecule has 28 heavy (non-hydrogen) atoms. The number of alkyl halides is 6. The Morgan fingerprint density at radius 1 is 1.18 bits per heavy atom. The van der Waals surface area contributed by atoms with E-state index in [0.717, 1.165) is 12.1 Å². The summed E-state index contributed by atoms with van der Waals surface area (Å²) < 4.78 is 78.9. The number of amides is 2. The predicted molar refractivity (Wildman–Crippen MR) is 82.6 cm³/mol. The summed E-state index contributed by atoms with van der Waals surface area (Å²) in [6.45, 7) is -0.588. The number of halogens is 8. The van der Waals surface area contributed by atoms with E-state index in [-0.39, 0.29) is 5.69 Å². The molecule has 0 aliphatic heterocycles. The van der Waals surface area contributed by atoms with E-state index in [1.165, 1.54) is 0 Å². The highest BCUT2D eigenvalue weighted by molar-refractivity contribution is 6.39. The first-order chi connectivity index (χ1) is 12.8. The van der Waals surface area contributed by atoms with Crippen LogP contribution in [-0.2, 0) is 12.7 Å². The molecule has 7 nitrogen and oxygen atoms in total. The third-order valence-electron chi connectivity index (χ3n) is 3.05. The van der Waals surface area contributed by atoms with Crippen molar-refractivity contribution < 1.29 is 40.8 Å². The largest absolute Gasteiger partial charge is 0.455 e. The number of nitrogens with one attached hydrogen (secondary N) is 2. The van der Waals surface area contributed by atoms with Crippen molar-refractivity contribution in [2.45, 2.75) is 25.0 Å².